The quantitative estimate of drug-likeness (QED) is 0.867. The molecule has 0 bridgehead atoms. The third-order valence-electron chi connectivity index (χ3n) is 3.28. The molecule has 0 saturated carbocycles. The van der Waals surface area contributed by atoms with Crippen molar-refractivity contribution in [2.24, 2.45) is 5.16 Å². The topological polar surface area (TPSA) is 79.4 Å². The number of carbonyl (C=O) groups excluding carboxylic acids is 1. The molecule has 0 fully saturated rings. The predicted octanol–water partition coefficient (Wildman–Crippen LogP) is 1.26. The van der Waals surface area contributed by atoms with Gasteiger partial charge in [-0.1, -0.05) is 35.5 Å². The lowest BCUT2D eigenvalue weighted by atomic mass is 10.0. The summed E-state index contributed by atoms with van der Waals surface area (Å²) < 4.78 is 0. The van der Waals surface area contributed by atoms with Gasteiger partial charge in [-0.15, -0.1) is 0 Å². The van der Waals surface area contributed by atoms with E-state index >= 15 is 0 Å². The van der Waals surface area contributed by atoms with E-state index in [2.05, 4.69) is 20.4 Å². The van der Waals surface area contributed by atoms with Crippen molar-refractivity contribution in [1.29, 1.82) is 0 Å². The Hall–Kier alpha value is -2.63. The molecule has 0 aliphatic carbocycles. The Morgan fingerprint density at radius 3 is 3.00 bits per heavy atom. The molecule has 2 N–H and O–H groups in total. The Labute approximate surface area is 122 Å². The fourth-order valence-corrected chi connectivity index (χ4v) is 2.17. The minimum absolute atomic E-state index is 0.142. The first-order valence-electron chi connectivity index (χ1n) is 6.87. The van der Waals surface area contributed by atoms with Crippen molar-refractivity contribution >= 4 is 11.6 Å². The molecule has 0 spiro atoms. The number of aromatic nitrogens is 2. The van der Waals surface area contributed by atoms with Crippen LogP contribution in [0, 0.1) is 0 Å². The van der Waals surface area contributed by atoms with Gasteiger partial charge in [-0.2, -0.15) is 0 Å². The summed E-state index contributed by atoms with van der Waals surface area (Å²) in [4.78, 5) is 24.3. The van der Waals surface area contributed by atoms with Crippen LogP contribution in [0.15, 0.2) is 47.9 Å². The largest absolute Gasteiger partial charge is 0.382 e. The van der Waals surface area contributed by atoms with Crippen LogP contribution in [0.5, 0.6) is 0 Å². The zero-order valence-electron chi connectivity index (χ0n) is 11.5. The lowest BCUT2D eigenvalue weighted by molar-refractivity contribution is -0.131. The number of H-pyrrole nitrogens is 1. The van der Waals surface area contributed by atoms with Crippen molar-refractivity contribution in [2.75, 3.05) is 6.54 Å². The van der Waals surface area contributed by atoms with Crippen LogP contribution in [0.1, 0.15) is 17.8 Å². The van der Waals surface area contributed by atoms with Gasteiger partial charge >= 0.3 is 0 Å². The second-order valence-electron chi connectivity index (χ2n) is 4.78. The fraction of sp³-hybridized carbons (Fsp3) is 0.267. The molecule has 1 amide bonds. The van der Waals surface area contributed by atoms with E-state index in [1.54, 1.807) is 12.4 Å². The first-order chi connectivity index (χ1) is 10.3. The molecule has 6 heteroatoms. The molecule has 2 heterocycles. The van der Waals surface area contributed by atoms with Crippen molar-refractivity contribution < 1.29 is 9.63 Å². The number of nitrogens with one attached hydrogen (secondary N) is 2. The monoisotopic (exact) mass is 284 g/mol. The molecule has 3 rings (SSSR count). The van der Waals surface area contributed by atoms with Gasteiger partial charge < -0.3 is 15.1 Å². The van der Waals surface area contributed by atoms with Crippen molar-refractivity contribution in [3.8, 4) is 0 Å². The van der Waals surface area contributed by atoms with Gasteiger partial charge in [-0.05, 0) is 5.56 Å². The second kappa shape index (κ2) is 6.21. The van der Waals surface area contributed by atoms with E-state index < -0.39 is 6.10 Å². The van der Waals surface area contributed by atoms with Crippen LogP contribution >= 0.6 is 0 Å². The fourth-order valence-electron chi connectivity index (χ4n) is 2.17. The summed E-state index contributed by atoms with van der Waals surface area (Å²) in [5.74, 6) is 0.708. The Morgan fingerprint density at radius 2 is 2.24 bits per heavy atom. The van der Waals surface area contributed by atoms with Crippen molar-refractivity contribution in [2.45, 2.75) is 18.9 Å². The maximum absolute atomic E-state index is 12.0. The molecule has 2 aromatic rings. The number of rotatable bonds is 5. The molecule has 1 atom stereocenters. The Morgan fingerprint density at radius 1 is 1.38 bits per heavy atom. The van der Waals surface area contributed by atoms with Crippen LogP contribution in [0.2, 0.25) is 0 Å². The van der Waals surface area contributed by atoms with Crippen LogP contribution < -0.4 is 5.32 Å². The number of aromatic amines is 1. The van der Waals surface area contributed by atoms with E-state index in [0.717, 1.165) is 17.1 Å². The summed E-state index contributed by atoms with van der Waals surface area (Å²) in [7, 11) is 0. The van der Waals surface area contributed by atoms with Crippen molar-refractivity contribution in [1.82, 2.24) is 15.3 Å². The molecule has 108 valence electrons. The Balaban J connectivity index is 1.47. The van der Waals surface area contributed by atoms with Gasteiger partial charge in [0, 0.05) is 31.8 Å². The predicted molar refractivity (Wildman–Crippen MR) is 77.8 cm³/mol. The van der Waals surface area contributed by atoms with Gasteiger partial charge in [0.15, 0.2) is 0 Å². The van der Waals surface area contributed by atoms with Crippen LogP contribution in [0.3, 0.4) is 0 Å². The van der Waals surface area contributed by atoms with Crippen molar-refractivity contribution in [3.05, 3.63) is 54.1 Å². The van der Waals surface area contributed by atoms with Gasteiger partial charge in [0.25, 0.3) is 5.91 Å². The van der Waals surface area contributed by atoms with Gasteiger partial charge in [0.05, 0.1) is 5.71 Å². The normalized spacial score (nSPS) is 17.1. The number of imidazole rings is 1. The van der Waals surface area contributed by atoms with Crippen LogP contribution in [-0.4, -0.2) is 34.2 Å². The third kappa shape index (κ3) is 3.28. The highest BCUT2D eigenvalue weighted by molar-refractivity contribution is 6.04. The Bertz CT molecular complexity index is 622. The van der Waals surface area contributed by atoms with E-state index in [0.29, 0.717) is 19.4 Å². The van der Waals surface area contributed by atoms with Crippen LogP contribution in [-0.2, 0) is 16.1 Å². The SMILES string of the molecule is O=C(NCCc1ncc[nH]1)C1CC(c2ccccc2)=NO1. The molecule has 0 saturated heterocycles. The second-order valence-corrected chi connectivity index (χ2v) is 4.78. The summed E-state index contributed by atoms with van der Waals surface area (Å²) in [6, 6.07) is 9.74. The van der Waals surface area contributed by atoms with E-state index in [-0.39, 0.29) is 5.91 Å². The highest BCUT2D eigenvalue weighted by Crippen LogP contribution is 2.16. The number of hydrogen-bond acceptors (Lipinski definition) is 4. The number of nitrogens with zero attached hydrogens (tertiary/aromatic N) is 2. The molecule has 1 aromatic heterocycles. The first kappa shape index (κ1) is 13.4. The minimum atomic E-state index is -0.545. The van der Waals surface area contributed by atoms with E-state index in [1.807, 2.05) is 30.3 Å². The summed E-state index contributed by atoms with van der Waals surface area (Å²) >= 11 is 0. The first-order valence-corrected chi connectivity index (χ1v) is 6.87. The molecular formula is C15H16N4O2. The molecule has 1 aliphatic heterocycles. The average molecular weight is 284 g/mol. The van der Waals surface area contributed by atoms with Gasteiger partial charge in [0.2, 0.25) is 6.10 Å². The highest BCUT2D eigenvalue weighted by atomic mass is 16.6. The highest BCUT2D eigenvalue weighted by Gasteiger charge is 2.28. The van der Waals surface area contributed by atoms with Crippen LogP contribution in [0.25, 0.3) is 0 Å². The number of carbonyl (C=O) groups is 1. The molecule has 1 aromatic carbocycles. The minimum Gasteiger partial charge on any atom is -0.382 e. The maximum Gasteiger partial charge on any atom is 0.264 e. The molecular weight excluding hydrogens is 268 g/mol. The Kier molecular flexibility index (Phi) is 3.95. The van der Waals surface area contributed by atoms with E-state index in [1.165, 1.54) is 0 Å². The van der Waals surface area contributed by atoms with Gasteiger partial charge in [0.1, 0.15) is 5.82 Å². The van der Waals surface area contributed by atoms with E-state index in [9.17, 15) is 4.79 Å². The summed E-state index contributed by atoms with van der Waals surface area (Å²) in [6.07, 6.45) is 4.07. The number of amides is 1. The summed E-state index contributed by atoms with van der Waals surface area (Å²) in [5.41, 5.74) is 1.80. The molecule has 1 aliphatic rings. The molecule has 6 nitrogen and oxygen atoms in total. The van der Waals surface area contributed by atoms with Crippen LogP contribution in [0.4, 0.5) is 0 Å². The number of benzene rings is 1. The average Bonchev–Trinajstić information content (AvgIpc) is 3.20. The summed E-state index contributed by atoms with van der Waals surface area (Å²) in [5, 5.41) is 6.84. The zero-order chi connectivity index (χ0) is 14.5. The molecule has 0 radical (unpaired) electrons. The lowest BCUT2D eigenvalue weighted by Crippen LogP contribution is -2.36. The summed E-state index contributed by atoms with van der Waals surface area (Å²) in [6.45, 7) is 0.521. The molecule has 1 unspecified atom stereocenters. The number of hydrogen-bond donors (Lipinski definition) is 2. The molecule has 21 heavy (non-hydrogen) atoms. The number of oxime groups is 1. The smallest absolute Gasteiger partial charge is 0.264 e. The third-order valence-corrected chi connectivity index (χ3v) is 3.28. The van der Waals surface area contributed by atoms with Crippen molar-refractivity contribution in [3.63, 3.8) is 0 Å². The van der Waals surface area contributed by atoms with Gasteiger partial charge in [-0.25, -0.2) is 4.98 Å². The zero-order valence-corrected chi connectivity index (χ0v) is 11.5. The maximum atomic E-state index is 12.0. The van der Waals surface area contributed by atoms with E-state index in [4.69, 9.17) is 4.84 Å². The van der Waals surface area contributed by atoms with Gasteiger partial charge in [-0.3, -0.25) is 4.79 Å². The lowest BCUT2D eigenvalue weighted by Gasteiger charge is -2.08. The standard InChI is InChI=1S/C15H16N4O2/c20-15(18-7-6-14-16-8-9-17-14)13-10-12(19-21-13)11-4-2-1-3-5-11/h1-5,8-9,13H,6-7,10H2,(H,16,17)(H,18,20).